The lowest BCUT2D eigenvalue weighted by Crippen LogP contribution is -2.58. The molecule has 346 valence electrons. The van der Waals surface area contributed by atoms with Crippen LogP contribution in [0.15, 0.2) is 200 Å². The minimum absolute atomic E-state index is 0.0280. The van der Waals surface area contributed by atoms with Gasteiger partial charge in [-0.2, -0.15) is 0 Å². The molecule has 0 unspecified atom stereocenters. The summed E-state index contributed by atoms with van der Waals surface area (Å²) in [6, 6.07) is 77.3. The van der Waals surface area contributed by atoms with Gasteiger partial charge in [0.15, 0.2) is 0 Å². The molecule has 2 aliphatic heterocycles. The van der Waals surface area contributed by atoms with Crippen molar-refractivity contribution in [1.82, 2.24) is 0 Å². The Bertz CT molecular complexity index is 3750. The van der Waals surface area contributed by atoms with Crippen LogP contribution in [-0.2, 0) is 10.8 Å². The van der Waals surface area contributed by atoms with Crippen molar-refractivity contribution >= 4 is 92.6 Å². The van der Waals surface area contributed by atoms with Gasteiger partial charge in [0.2, 0.25) is 0 Å². The van der Waals surface area contributed by atoms with Crippen LogP contribution >= 0.6 is 0 Å². The minimum Gasteiger partial charge on any atom is -0.311 e. The van der Waals surface area contributed by atoms with E-state index < -0.39 is 16.1 Å². The summed E-state index contributed by atoms with van der Waals surface area (Å²) in [5.41, 5.74) is 19.2. The summed E-state index contributed by atoms with van der Waals surface area (Å²) in [7, 11) is -3.99. The SMILES string of the molecule is CC(C)(C)c1ccc(-c2c3ccc(N4c5ccccc5[Si](C)(C)c5ccccc54)cc3c(-c3ccc4c(c3)C(C)(C)c3ccccc3-4)c3ccc(N4c5ccccc5[Si](C)(C)c5ccccc54)cc23)cc1. The maximum atomic E-state index is 2.55. The molecule has 0 fully saturated rings. The van der Waals surface area contributed by atoms with Gasteiger partial charge in [-0.25, -0.2) is 0 Å². The van der Waals surface area contributed by atoms with Crippen LogP contribution in [0.5, 0.6) is 0 Å². The van der Waals surface area contributed by atoms with Gasteiger partial charge >= 0.3 is 0 Å². The predicted octanol–water partition coefficient (Wildman–Crippen LogP) is 16.1. The summed E-state index contributed by atoms with van der Waals surface area (Å²) < 4.78 is 0. The van der Waals surface area contributed by atoms with E-state index in [1.54, 1.807) is 0 Å². The van der Waals surface area contributed by atoms with Crippen molar-refractivity contribution in [3.05, 3.63) is 217 Å². The highest BCUT2D eigenvalue weighted by Crippen LogP contribution is 2.53. The average Bonchev–Trinajstić information content (AvgIpc) is 3.60. The smallest absolute Gasteiger partial charge is 0.117 e. The first kappa shape index (κ1) is 43.7. The second-order valence-electron chi connectivity index (χ2n) is 23.0. The summed E-state index contributed by atoms with van der Waals surface area (Å²) in [6.45, 7) is 21.8. The molecule has 0 bridgehead atoms. The Morgan fingerprint density at radius 3 is 1.23 bits per heavy atom. The zero-order chi connectivity index (χ0) is 48.8. The third-order valence-electron chi connectivity index (χ3n) is 16.8. The van der Waals surface area contributed by atoms with E-state index in [1.807, 2.05) is 0 Å². The molecule has 10 aromatic carbocycles. The Kier molecular flexibility index (Phi) is 9.47. The quantitative estimate of drug-likeness (QED) is 0.128. The van der Waals surface area contributed by atoms with Crippen LogP contribution in [0.2, 0.25) is 26.2 Å². The number of nitrogens with zero attached hydrogens (tertiary/aromatic N) is 2. The third kappa shape index (κ3) is 6.37. The fraction of sp³-hybridized carbons (Fsp3) is 0.164. The van der Waals surface area contributed by atoms with Crippen molar-refractivity contribution in [2.75, 3.05) is 9.80 Å². The topological polar surface area (TPSA) is 6.48 Å². The molecule has 0 atom stereocenters. The Hall–Kier alpha value is -7.25. The summed E-state index contributed by atoms with van der Waals surface area (Å²) in [6.07, 6.45) is 0. The van der Waals surface area contributed by atoms with Gasteiger partial charge in [0.25, 0.3) is 0 Å². The standard InChI is InChI=1S/C67H60N2Si2/c1-66(2,3)45-33-30-43(31-34-45)64-50-38-35-47(69-58-24-14-18-28-62(58)71(8,9)63-29-19-15-25-59(63)69)42-53(50)65(44-32-37-49-48-20-10-11-21-54(48)67(4,5)55(49)40-44)51-39-36-46(41-52(51)64)68-56-22-12-16-26-60(56)70(6,7)61-27-17-13-23-57(61)68/h10-42H,1-9H3. The maximum absolute atomic E-state index is 2.55. The van der Waals surface area contributed by atoms with Gasteiger partial charge in [-0.3, -0.25) is 0 Å². The van der Waals surface area contributed by atoms with Gasteiger partial charge in [-0.1, -0.05) is 206 Å². The van der Waals surface area contributed by atoms with E-state index in [0.29, 0.717) is 0 Å². The van der Waals surface area contributed by atoms with Gasteiger partial charge in [-0.05, 0) is 152 Å². The van der Waals surface area contributed by atoms with E-state index in [-0.39, 0.29) is 10.8 Å². The lowest BCUT2D eigenvalue weighted by Gasteiger charge is -2.41. The molecule has 0 radical (unpaired) electrons. The van der Waals surface area contributed by atoms with Crippen LogP contribution < -0.4 is 30.5 Å². The molecule has 0 aromatic heterocycles. The first-order valence-corrected chi connectivity index (χ1v) is 31.5. The van der Waals surface area contributed by atoms with Crippen LogP contribution in [0.4, 0.5) is 34.1 Å². The second kappa shape index (κ2) is 15.4. The Morgan fingerprint density at radius 2 is 0.761 bits per heavy atom. The van der Waals surface area contributed by atoms with Crippen molar-refractivity contribution in [3.63, 3.8) is 0 Å². The number of para-hydroxylation sites is 4. The summed E-state index contributed by atoms with van der Waals surface area (Å²) >= 11 is 0. The van der Waals surface area contributed by atoms with Crippen LogP contribution in [0, 0.1) is 0 Å². The van der Waals surface area contributed by atoms with Gasteiger partial charge in [0.1, 0.15) is 16.1 Å². The molecule has 10 aromatic rings. The molecule has 0 N–H and O–H groups in total. The van der Waals surface area contributed by atoms with Crippen molar-refractivity contribution in [3.8, 4) is 33.4 Å². The Morgan fingerprint density at radius 1 is 0.366 bits per heavy atom. The predicted molar refractivity (Wildman–Crippen MR) is 311 cm³/mol. The zero-order valence-corrected chi connectivity index (χ0v) is 44.4. The molecule has 2 nitrogen and oxygen atoms in total. The first-order valence-electron chi connectivity index (χ1n) is 25.5. The van der Waals surface area contributed by atoms with E-state index in [1.165, 1.54) is 126 Å². The highest BCUT2D eigenvalue weighted by Gasteiger charge is 2.41. The second-order valence-corrected chi connectivity index (χ2v) is 31.6. The molecule has 3 aliphatic rings. The van der Waals surface area contributed by atoms with Crippen molar-refractivity contribution in [1.29, 1.82) is 0 Å². The van der Waals surface area contributed by atoms with Crippen LogP contribution in [-0.4, -0.2) is 16.1 Å². The summed E-state index contributed by atoms with van der Waals surface area (Å²) in [5, 5.41) is 10.9. The van der Waals surface area contributed by atoms with Crippen molar-refractivity contribution in [2.45, 2.75) is 71.6 Å². The Balaban J connectivity index is 1.14. The number of hydrogen-bond donors (Lipinski definition) is 0. The molecule has 71 heavy (non-hydrogen) atoms. The zero-order valence-electron chi connectivity index (χ0n) is 42.4. The minimum atomic E-state index is -2.00. The van der Waals surface area contributed by atoms with Crippen LogP contribution in [0.3, 0.4) is 0 Å². The van der Waals surface area contributed by atoms with E-state index in [2.05, 4.69) is 271 Å². The van der Waals surface area contributed by atoms with Gasteiger partial charge in [-0.15, -0.1) is 0 Å². The number of rotatable bonds is 4. The molecule has 0 saturated heterocycles. The fourth-order valence-corrected chi connectivity index (χ4v) is 19.0. The lowest BCUT2D eigenvalue weighted by atomic mass is 9.80. The van der Waals surface area contributed by atoms with Gasteiger partial charge in [0, 0.05) is 39.5 Å². The highest BCUT2D eigenvalue weighted by atomic mass is 28.3. The molecule has 13 rings (SSSR count). The molecule has 2 heterocycles. The monoisotopic (exact) mass is 948 g/mol. The fourth-order valence-electron chi connectivity index (χ4n) is 13.0. The summed E-state index contributed by atoms with van der Waals surface area (Å²) in [5.74, 6) is 0. The number of fused-ring (bicyclic) bond motifs is 9. The maximum Gasteiger partial charge on any atom is 0.117 e. The average molecular weight is 949 g/mol. The normalized spacial score (nSPS) is 15.7. The van der Waals surface area contributed by atoms with E-state index in [9.17, 15) is 0 Å². The van der Waals surface area contributed by atoms with Crippen LogP contribution in [0.25, 0.3) is 54.9 Å². The molecule has 0 spiro atoms. The van der Waals surface area contributed by atoms with E-state index in [0.717, 1.165) is 0 Å². The van der Waals surface area contributed by atoms with E-state index in [4.69, 9.17) is 0 Å². The molecule has 1 aliphatic carbocycles. The lowest BCUT2D eigenvalue weighted by molar-refractivity contribution is 0.590. The highest BCUT2D eigenvalue weighted by molar-refractivity contribution is 7.03. The van der Waals surface area contributed by atoms with Gasteiger partial charge < -0.3 is 9.80 Å². The van der Waals surface area contributed by atoms with Crippen molar-refractivity contribution in [2.24, 2.45) is 0 Å². The number of benzene rings is 10. The van der Waals surface area contributed by atoms with Gasteiger partial charge in [0.05, 0.1) is 0 Å². The molecular weight excluding hydrogens is 889 g/mol. The number of anilines is 6. The third-order valence-corrected chi connectivity index (χ3v) is 23.9. The molecular formula is C67H60N2Si2. The molecule has 0 amide bonds. The Labute approximate surface area is 421 Å². The largest absolute Gasteiger partial charge is 0.311 e. The van der Waals surface area contributed by atoms with Crippen molar-refractivity contribution < 1.29 is 0 Å². The molecule has 0 saturated carbocycles. The van der Waals surface area contributed by atoms with Crippen LogP contribution in [0.1, 0.15) is 51.3 Å². The van der Waals surface area contributed by atoms with E-state index >= 15 is 0 Å². The first-order chi connectivity index (χ1) is 34.1. The number of hydrogen-bond acceptors (Lipinski definition) is 2. The molecule has 4 heteroatoms. The summed E-state index contributed by atoms with van der Waals surface area (Å²) in [4.78, 5) is 5.10.